The summed E-state index contributed by atoms with van der Waals surface area (Å²) in [5, 5.41) is 0. The summed E-state index contributed by atoms with van der Waals surface area (Å²) in [7, 11) is 0. The van der Waals surface area contributed by atoms with Crippen molar-refractivity contribution in [3.8, 4) is 5.75 Å². The van der Waals surface area contributed by atoms with Gasteiger partial charge >= 0.3 is 0 Å². The van der Waals surface area contributed by atoms with Crippen LogP contribution >= 0.6 is 0 Å². The molecule has 1 aromatic carbocycles. The van der Waals surface area contributed by atoms with E-state index in [-0.39, 0.29) is 6.04 Å². The standard InChI is InChI=1S/C16H27NO/c1-4-5-6-7-8-11-18-16-10-9-15(14(3)17)12-13(16)2/h9-10,12,14H,4-8,11,17H2,1-3H3/t14-/m1/s1. The number of aryl methyl sites for hydroxylation is 1. The maximum absolute atomic E-state index is 5.86. The van der Waals surface area contributed by atoms with Crippen LogP contribution in [0.1, 0.15) is 63.1 Å². The number of nitrogens with two attached hydrogens (primary N) is 1. The fourth-order valence-corrected chi connectivity index (χ4v) is 2.01. The lowest BCUT2D eigenvalue weighted by atomic mass is 10.1. The Balaban J connectivity index is 2.34. The molecule has 0 saturated heterocycles. The quantitative estimate of drug-likeness (QED) is 0.695. The fraction of sp³-hybridized carbons (Fsp3) is 0.625. The molecule has 0 bridgehead atoms. The second-order valence-electron chi connectivity index (χ2n) is 5.08. The summed E-state index contributed by atoms with van der Waals surface area (Å²) >= 11 is 0. The molecule has 1 rings (SSSR count). The molecule has 2 heteroatoms. The Morgan fingerprint density at radius 2 is 1.89 bits per heavy atom. The van der Waals surface area contributed by atoms with E-state index in [1.807, 2.05) is 13.0 Å². The molecule has 1 aromatic rings. The topological polar surface area (TPSA) is 35.2 Å². The summed E-state index contributed by atoms with van der Waals surface area (Å²) in [5.74, 6) is 0.995. The zero-order chi connectivity index (χ0) is 13.4. The van der Waals surface area contributed by atoms with E-state index in [4.69, 9.17) is 10.5 Å². The molecule has 0 unspecified atom stereocenters. The number of hydrogen-bond donors (Lipinski definition) is 1. The van der Waals surface area contributed by atoms with Gasteiger partial charge in [-0.2, -0.15) is 0 Å². The van der Waals surface area contributed by atoms with E-state index in [0.29, 0.717) is 0 Å². The highest BCUT2D eigenvalue weighted by Crippen LogP contribution is 2.22. The van der Waals surface area contributed by atoms with Gasteiger partial charge in [0.25, 0.3) is 0 Å². The first-order valence-electron chi connectivity index (χ1n) is 7.14. The minimum absolute atomic E-state index is 0.0896. The number of hydrogen-bond acceptors (Lipinski definition) is 2. The summed E-state index contributed by atoms with van der Waals surface area (Å²) < 4.78 is 5.81. The Morgan fingerprint density at radius 3 is 2.50 bits per heavy atom. The van der Waals surface area contributed by atoms with Gasteiger partial charge in [0, 0.05) is 6.04 Å². The zero-order valence-electron chi connectivity index (χ0n) is 12.0. The first kappa shape index (κ1) is 15.0. The molecule has 0 spiro atoms. The summed E-state index contributed by atoms with van der Waals surface area (Å²) in [6.45, 7) is 7.14. The van der Waals surface area contributed by atoms with Crippen LogP contribution in [0.3, 0.4) is 0 Å². The highest BCUT2D eigenvalue weighted by molar-refractivity contribution is 5.37. The molecule has 0 radical (unpaired) electrons. The van der Waals surface area contributed by atoms with Crippen molar-refractivity contribution < 1.29 is 4.74 Å². The molecule has 0 aliphatic rings. The Bertz CT molecular complexity index is 347. The van der Waals surface area contributed by atoms with E-state index in [1.54, 1.807) is 0 Å². The first-order valence-corrected chi connectivity index (χ1v) is 7.14. The van der Waals surface area contributed by atoms with Crippen molar-refractivity contribution in [3.63, 3.8) is 0 Å². The lowest BCUT2D eigenvalue weighted by molar-refractivity contribution is 0.302. The van der Waals surface area contributed by atoms with Crippen molar-refractivity contribution in [2.45, 2.75) is 58.9 Å². The molecule has 0 heterocycles. The van der Waals surface area contributed by atoms with Gasteiger partial charge in [-0.05, 0) is 37.5 Å². The molecule has 1 atom stereocenters. The third-order valence-corrected chi connectivity index (χ3v) is 3.23. The van der Waals surface area contributed by atoms with Crippen molar-refractivity contribution in [2.75, 3.05) is 6.61 Å². The van der Waals surface area contributed by atoms with E-state index in [9.17, 15) is 0 Å². The van der Waals surface area contributed by atoms with Crippen LogP contribution in [-0.2, 0) is 0 Å². The molecule has 102 valence electrons. The van der Waals surface area contributed by atoms with E-state index in [1.165, 1.54) is 36.8 Å². The van der Waals surface area contributed by atoms with Crippen LogP contribution < -0.4 is 10.5 Å². The van der Waals surface area contributed by atoms with E-state index in [0.717, 1.165) is 18.8 Å². The van der Waals surface area contributed by atoms with Gasteiger partial charge in [-0.1, -0.05) is 44.7 Å². The zero-order valence-corrected chi connectivity index (χ0v) is 12.0. The minimum atomic E-state index is 0.0896. The average Bonchev–Trinajstić information content (AvgIpc) is 2.35. The van der Waals surface area contributed by atoms with Crippen LogP contribution in [0.15, 0.2) is 18.2 Å². The molecule has 2 N–H and O–H groups in total. The third kappa shape index (κ3) is 5.09. The number of ether oxygens (including phenoxy) is 1. The number of benzene rings is 1. The lowest BCUT2D eigenvalue weighted by Crippen LogP contribution is -2.06. The van der Waals surface area contributed by atoms with Crippen molar-refractivity contribution >= 4 is 0 Å². The summed E-state index contributed by atoms with van der Waals surface area (Å²) in [5.41, 5.74) is 8.21. The molecule has 2 nitrogen and oxygen atoms in total. The Morgan fingerprint density at radius 1 is 1.17 bits per heavy atom. The van der Waals surface area contributed by atoms with E-state index < -0.39 is 0 Å². The van der Waals surface area contributed by atoms with Crippen LogP contribution in [0, 0.1) is 6.92 Å². The monoisotopic (exact) mass is 249 g/mol. The first-order chi connectivity index (χ1) is 8.65. The third-order valence-electron chi connectivity index (χ3n) is 3.23. The van der Waals surface area contributed by atoms with Gasteiger partial charge in [-0.25, -0.2) is 0 Å². The van der Waals surface area contributed by atoms with E-state index in [2.05, 4.69) is 26.0 Å². The molecular weight excluding hydrogens is 222 g/mol. The van der Waals surface area contributed by atoms with Crippen LogP contribution in [0.25, 0.3) is 0 Å². The average molecular weight is 249 g/mol. The highest BCUT2D eigenvalue weighted by atomic mass is 16.5. The Hall–Kier alpha value is -1.02. The number of rotatable bonds is 8. The summed E-state index contributed by atoms with van der Waals surface area (Å²) in [6.07, 6.45) is 6.36. The van der Waals surface area contributed by atoms with Gasteiger partial charge in [0.2, 0.25) is 0 Å². The fourth-order valence-electron chi connectivity index (χ4n) is 2.01. The lowest BCUT2D eigenvalue weighted by Gasteiger charge is -2.12. The van der Waals surface area contributed by atoms with Gasteiger partial charge < -0.3 is 10.5 Å². The van der Waals surface area contributed by atoms with Gasteiger partial charge in [-0.3, -0.25) is 0 Å². The van der Waals surface area contributed by atoms with Crippen LogP contribution in [0.5, 0.6) is 5.75 Å². The Kier molecular flexibility index (Phi) is 6.81. The number of unbranched alkanes of at least 4 members (excludes halogenated alkanes) is 4. The van der Waals surface area contributed by atoms with Crippen molar-refractivity contribution in [3.05, 3.63) is 29.3 Å². The predicted octanol–water partition coefficient (Wildman–Crippen LogP) is 4.36. The van der Waals surface area contributed by atoms with Gasteiger partial charge in [0.05, 0.1) is 6.61 Å². The SMILES string of the molecule is CCCCCCCOc1ccc([C@@H](C)N)cc1C. The maximum atomic E-state index is 5.86. The van der Waals surface area contributed by atoms with Crippen LogP contribution in [-0.4, -0.2) is 6.61 Å². The molecular formula is C16H27NO. The Labute approximate surface area is 112 Å². The van der Waals surface area contributed by atoms with Gasteiger partial charge in [-0.15, -0.1) is 0 Å². The van der Waals surface area contributed by atoms with Crippen molar-refractivity contribution in [1.82, 2.24) is 0 Å². The molecule has 0 aromatic heterocycles. The minimum Gasteiger partial charge on any atom is -0.493 e. The summed E-state index contributed by atoms with van der Waals surface area (Å²) in [6, 6.07) is 6.31. The van der Waals surface area contributed by atoms with Crippen molar-refractivity contribution in [2.24, 2.45) is 5.73 Å². The smallest absolute Gasteiger partial charge is 0.122 e. The normalized spacial score (nSPS) is 12.4. The van der Waals surface area contributed by atoms with E-state index >= 15 is 0 Å². The van der Waals surface area contributed by atoms with Crippen LogP contribution in [0.2, 0.25) is 0 Å². The van der Waals surface area contributed by atoms with Gasteiger partial charge in [0.15, 0.2) is 0 Å². The second kappa shape index (κ2) is 8.15. The van der Waals surface area contributed by atoms with Gasteiger partial charge in [0.1, 0.15) is 5.75 Å². The van der Waals surface area contributed by atoms with Crippen molar-refractivity contribution in [1.29, 1.82) is 0 Å². The molecule has 0 amide bonds. The molecule has 0 saturated carbocycles. The maximum Gasteiger partial charge on any atom is 0.122 e. The van der Waals surface area contributed by atoms with Crippen LogP contribution in [0.4, 0.5) is 0 Å². The molecule has 0 fully saturated rings. The highest BCUT2D eigenvalue weighted by Gasteiger charge is 2.04. The second-order valence-corrected chi connectivity index (χ2v) is 5.08. The largest absolute Gasteiger partial charge is 0.493 e. The molecule has 0 aliphatic heterocycles. The summed E-state index contributed by atoms with van der Waals surface area (Å²) in [4.78, 5) is 0. The molecule has 18 heavy (non-hydrogen) atoms. The predicted molar refractivity (Wildman–Crippen MR) is 78.0 cm³/mol. The molecule has 0 aliphatic carbocycles.